The summed E-state index contributed by atoms with van der Waals surface area (Å²) in [5, 5.41) is 4.97. The van der Waals surface area contributed by atoms with Crippen LogP contribution in [0.4, 0.5) is 0 Å². The number of likely N-dealkylation sites (tertiary alicyclic amines) is 1. The minimum atomic E-state index is -3.14. The van der Waals surface area contributed by atoms with Gasteiger partial charge in [0.2, 0.25) is 15.9 Å². The van der Waals surface area contributed by atoms with Crippen molar-refractivity contribution in [3.63, 3.8) is 0 Å². The van der Waals surface area contributed by atoms with Gasteiger partial charge in [0.15, 0.2) is 0 Å². The highest BCUT2D eigenvalue weighted by molar-refractivity contribution is 7.88. The lowest BCUT2D eigenvalue weighted by Crippen LogP contribution is -2.47. The van der Waals surface area contributed by atoms with Crippen LogP contribution in [-0.4, -0.2) is 57.7 Å². The van der Waals surface area contributed by atoms with E-state index >= 15 is 0 Å². The maximum atomic E-state index is 11.9. The van der Waals surface area contributed by atoms with Crippen molar-refractivity contribution < 1.29 is 13.2 Å². The average molecular weight is 345 g/mol. The molecule has 0 spiro atoms. The number of hydrogen-bond acceptors (Lipinski definition) is 5. The molecule has 0 saturated carbocycles. The summed E-state index contributed by atoms with van der Waals surface area (Å²) < 4.78 is 25.0. The van der Waals surface area contributed by atoms with Crippen LogP contribution >= 0.6 is 11.3 Å². The Morgan fingerprint density at radius 3 is 2.73 bits per heavy atom. The fraction of sp³-hybridized carbons (Fsp3) is 0.643. The minimum absolute atomic E-state index is 0.00635. The molecule has 0 aromatic carbocycles. The van der Waals surface area contributed by atoms with E-state index in [0.717, 1.165) is 32.4 Å². The van der Waals surface area contributed by atoms with Gasteiger partial charge in [0, 0.05) is 30.6 Å². The van der Waals surface area contributed by atoms with E-state index in [4.69, 9.17) is 0 Å². The van der Waals surface area contributed by atoms with Gasteiger partial charge in [-0.3, -0.25) is 9.69 Å². The lowest BCUT2D eigenvalue weighted by Gasteiger charge is -2.31. The van der Waals surface area contributed by atoms with Crippen LogP contribution < -0.4 is 10.0 Å². The van der Waals surface area contributed by atoms with Gasteiger partial charge in [0.1, 0.15) is 0 Å². The first-order valence-corrected chi connectivity index (χ1v) is 10.2. The normalized spacial score (nSPS) is 17.5. The molecular formula is C14H23N3O3S2. The topological polar surface area (TPSA) is 78.5 Å². The number of nitrogens with one attached hydrogen (secondary N) is 2. The summed E-state index contributed by atoms with van der Waals surface area (Å²) in [6.45, 7) is 2.53. The Hall–Kier alpha value is -0.960. The number of nitrogens with zero attached hydrogens (tertiary/aromatic N) is 1. The Morgan fingerprint density at radius 2 is 2.14 bits per heavy atom. The fourth-order valence-corrected chi connectivity index (χ4v) is 4.10. The second-order valence-electron chi connectivity index (χ2n) is 5.62. The average Bonchev–Trinajstić information content (AvgIpc) is 2.92. The van der Waals surface area contributed by atoms with Crippen LogP contribution in [0, 0.1) is 0 Å². The first kappa shape index (κ1) is 17.4. The highest BCUT2D eigenvalue weighted by Crippen LogP contribution is 2.11. The van der Waals surface area contributed by atoms with Crippen LogP contribution in [0.1, 0.15) is 17.7 Å². The molecule has 2 rings (SSSR count). The van der Waals surface area contributed by atoms with Gasteiger partial charge in [0.05, 0.1) is 12.8 Å². The molecule has 0 unspecified atom stereocenters. The van der Waals surface area contributed by atoms with E-state index in [1.165, 1.54) is 11.1 Å². The van der Waals surface area contributed by atoms with Gasteiger partial charge < -0.3 is 5.32 Å². The van der Waals surface area contributed by atoms with Gasteiger partial charge in [-0.05, 0) is 30.7 Å². The summed E-state index contributed by atoms with van der Waals surface area (Å²) in [7, 11) is -3.14. The third-order valence-corrected chi connectivity index (χ3v) is 5.31. The van der Waals surface area contributed by atoms with Gasteiger partial charge in [-0.2, -0.15) is 0 Å². The monoisotopic (exact) mass is 345 g/mol. The molecule has 22 heavy (non-hydrogen) atoms. The summed E-state index contributed by atoms with van der Waals surface area (Å²) in [5.41, 5.74) is 0. The Balaban J connectivity index is 1.62. The first-order valence-electron chi connectivity index (χ1n) is 7.41. The number of sulfonamides is 1. The molecule has 2 heterocycles. The molecule has 6 nitrogen and oxygen atoms in total. The lowest BCUT2D eigenvalue weighted by molar-refractivity contribution is -0.122. The van der Waals surface area contributed by atoms with Crippen LogP contribution in [0.2, 0.25) is 0 Å². The van der Waals surface area contributed by atoms with Gasteiger partial charge in [0.25, 0.3) is 0 Å². The number of carbonyl (C=O) groups excluding carboxylic acids is 1. The summed E-state index contributed by atoms with van der Waals surface area (Å²) in [5.74, 6) is 0.0334. The number of thiophene rings is 1. The summed E-state index contributed by atoms with van der Waals surface area (Å²) in [6.07, 6.45) is 3.54. The molecule has 1 amide bonds. The van der Waals surface area contributed by atoms with E-state index < -0.39 is 10.0 Å². The zero-order valence-electron chi connectivity index (χ0n) is 12.7. The van der Waals surface area contributed by atoms with E-state index in [1.54, 1.807) is 11.3 Å². The predicted octanol–water partition coefficient (Wildman–Crippen LogP) is 0.420. The number of piperidine rings is 1. The number of carbonyl (C=O) groups is 1. The second-order valence-corrected chi connectivity index (χ2v) is 8.43. The van der Waals surface area contributed by atoms with E-state index in [2.05, 4.69) is 21.0 Å². The number of rotatable bonds is 7. The molecule has 2 N–H and O–H groups in total. The van der Waals surface area contributed by atoms with Crippen molar-refractivity contribution in [3.8, 4) is 0 Å². The Morgan fingerprint density at radius 1 is 1.41 bits per heavy atom. The van der Waals surface area contributed by atoms with Gasteiger partial charge >= 0.3 is 0 Å². The van der Waals surface area contributed by atoms with Crippen LogP contribution in [0.5, 0.6) is 0 Å². The van der Waals surface area contributed by atoms with E-state index in [1.807, 2.05) is 11.4 Å². The summed E-state index contributed by atoms with van der Waals surface area (Å²) >= 11 is 1.70. The zero-order valence-corrected chi connectivity index (χ0v) is 14.4. The van der Waals surface area contributed by atoms with E-state index in [0.29, 0.717) is 13.1 Å². The molecular weight excluding hydrogens is 322 g/mol. The Labute approximate surface area is 135 Å². The van der Waals surface area contributed by atoms with E-state index in [-0.39, 0.29) is 11.9 Å². The van der Waals surface area contributed by atoms with Crippen molar-refractivity contribution in [1.82, 2.24) is 14.9 Å². The van der Waals surface area contributed by atoms with Crippen molar-refractivity contribution in [1.29, 1.82) is 0 Å². The third kappa shape index (κ3) is 6.43. The largest absolute Gasteiger partial charge is 0.355 e. The highest BCUT2D eigenvalue weighted by atomic mass is 32.2. The molecule has 0 atom stereocenters. The molecule has 1 saturated heterocycles. The Bertz CT molecular complexity index is 564. The van der Waals surface area contributed by atoms with Crippen molar-refractivity contribution in [2.24, 2.45) is 0 Å². The van der Waals surface area contributed by atoms with Crippen LogP contribution in [0.25, 0.3) is 0 Å². The molecule has 0 aliphatic carbocycles. The van der Waals surface area contributed by atoms with Gasteiger partial charge in [-0.1, -0.05) is 6.07 Å². The molecule has 124 valence electrons. The van der Waals surface area contributed by atoms with Gasteiger partial charge in [-0.15, -0.1) is 11.3 Å². The molecule has 1 aliphatic heterocycles. The second kappa shape index (κ2) is 8.05. The van der Waals surface area contributed by atoms with Crippen molar-refractivity contribution >= 4 is 27.3 Å². The van der Waals surface area contributed by atoms with Crippen molar-refractivity contribution in [2.45, 2.75) is 25.3 Å². The maximum Gasteiger partial charge on any atom is 0.234 e. The lowest BCUT2D eigenvalue weighted by atomic mass is 10.1. The van der Waals surface area contributed by atoms with Gasteiger partial charge in [-0.25, -0.2) is 13.1 Å². The zero-order chi connectivity index (χ0) is 16.0. The standard InChI is InChI=1S/C14H23N3O3S2/c1-22(19,20)16-12-5-8-17(9-6-12)11-14(18)15-7-4-13-3-2-10-21-13/h2-3,10,12,16H,4-9,11H2,1H3,(H,15,18). The number of hydrogen-bond donors (Lipinski definition) is 2. The smallest absolute Gasteiger partial charge is 0.234 e. The number of amides is 1. The van der Waals surface area contributed by atoms with Crippen LogP contribution in [0.3, 0.4) is 0 Å². The molecule has 1 aromatic rings. The van der Waals surface area contributed by atoms with E-state index in [9.17, 15) is 13.2 Å². The molecule has 8 heteroatoms. The quantitative estimate of drug-likeness (QED) is 0.751. The van der Waals surface area contributed by atoms with Crippen molar-refractivity contribution in [2.75, 3.05) is 32.4 Å². The molecule has 1 aromatic heterocycles. The Kier molecular flexibility index (Phi) is 6.37. The molecule has 1 fully saturated rings. The summed E-state index contributed by atoms with van der Waals surface area (Å²) in [6, 6.07) is 4.07. The maximum absolute atomic E-state index is 11.9. The predicted molar refractivity (Wildman–Crippen MR) is 88.5 cm³/mol. The molecule has 0 radical (unpaired) electrons. The molecule has 0 bridgehead atoms. The van der Waals surface area contributed by atoms with Crippen LogP contribution in [-0.2, 0) is 21.2 Å². The first-order chi connectivity index (χ1) is 10.4. The minimum Gasteiger partial charge on any atom is -0.355 e. The van der Waals surface area contributed by atoms with Crippen molar-refractivity contribution in [3.05, 3.63) is 22.4 Å². The highest BCUT2D eigenvalue weighted by Gasteiger charge is 2.22. The molecule has 1 aliphatic rings. The van der Waals surface area contributed by atoms with Crippen LogP contribution in [0.15, 0.2) is 17.5 Å². The SMILES string of the molecule is CS(=O)(=O)NC1CCN(CC(=O)NCCc2cccs2)CC1. The fourth-order valence-electron chi connectivity index (χ4n) is 2.55. The summed E-state index contributed by atoms with van der Waals surface area (Å²) in [4.78, 5) is 15.2. The third-order valence-electron chi connectivity index (χ3n) is 3.61.